The third-order valence-electron chi connectivity index (χ3n) is 3.09. The van der Waals surface area contributed by atoms with Gasteiger partial charge in [-0.3, -0.25) is 4.79 Å². The highest BCUT2D eigenvalue weighted by molar-refractivity contribution is 6.42. The van der Waals surface area contributed by atoms with E-state index < -0.39 is 11.8 Å². The van der Waals surface area contributed by atoms with Crippen molar-refractivity contribution in [2.75, 3.05) is 20.8 Å². The standard InChI is InChI=1S/C16H16O5/c1-4-21-16(18)14(17)12-9-13(19-2)10-7-5-6-8-11(10)15(12)20-3/h5-9H,4H2,1-3H3. The number of ketones is 1. The lowest BCUT2D eigenvalue weighted by molar-refractivity contribution is -0.137. The monoisotopic (exact) mass is 288 g/mol. The minimum atomic E-state index is -0.909. The Hall–Kier alpha value is -2.56. The van der Waals surface area contributed by atoms with Gasteiger partial charge in [0.25, 0.3) is 5.78 Å². The van der Waals surface area contributed by atoms with Crippen molar-refractivity contribution in [2.45, 2.75) is 6.92 Å². The maximum atomic E-state index is 12.2. The minimum Gasteiger partial charge on any atom is -0.496 e. The van der Waals surface area contributed by atoms with Crippen molar-refractivity contribution >= 4 is 22.5 Å². The molecule has 21 heavy (non-hydrogen) atoms. The average Bonchev–Trinajstić information content (AvgIpc) is 2.52. The molecule has 0 amide bonds. The van der Waals surface area contributed by atoms with Gasteiger partial charge in [-0.25, -0.2) is 4.79 Å². The number of hydrogen-bond donors (Lipinski definition) is 0. The summed E-state index contributed by atoms with van der Waals surface area (Å²) in [5, 5.41) is 1.50. The number of esters is 1. The summed E-state index contributed by atoms with van der Waals surface area (Å²) in [4.78, 5) is 23.9. The lowest BCUT2D eigenvalue weighted by Gasteiger charge is -2.13. The van der Waals surface area contributed by atoms with E-state index >= 15 is 0 Å². The molecule has 0 saturated carbocycles. The molecule has 5 nitrogen and oxygen atoms in total. The number of rotatable bonds is 5. The number of fused-ring (bicyclic) bond motifs is 1. The van der Waals surface area contributed by atoms with Gasteiger partial charge in [0.2, 0.25) is 0 Å². The van der Waals surface area contributed by atoms with Crippen molar-refractivity contribution < 1.29 is 23.8 Å². The van der Waals surface area contributed by atoms with E-state index in [-0.39, 0.29) is 12.2 Å². The Kier molecular flexibility index (Phi) is 4.42. The van der Waals surface area contributed by atoms with Gasteiger partial charge in [-0.15, -0.1) is 0 Å². The van der Waals surface area contributed by atoms with Crippen LogP contribution < -0.4 is 9.47 Å². The van der Waals surface area contributed by atoms with E-state index in [1.807, 2.05) is 18.2 Å². The molecular weight excluding hydrogens is 272 g/mol. The van der Waals surface area contributed by atoms with Gasteiger partial charge < -0.3 is 14.2 Å². The molecule has 5 heteroatoms. The molecule has 0 heterocycles. The smallest absolute Gasteiger partial charge is 0.379 e. The van der Waals surface area contributed by atoms with E-state index in [2.05, 4.69) is 0 Å². The SMILES string of the molecule is CCOC(=O)C(=O)c1cc(OC)c2ccccc2c1OC. The van der Waals surface area contributed by atoms with Gasteiger partial charge in [0.05, 0.1) is 26.4 Å². The average molecular weight is 288 g/mol. The molecule has 0 aromatic heterocycles. The van der Waals surface area contributed by atoms with Crippen LogP contribution in [0.4, 0.5) is 0 Å². The van der Waals surface area contributed by atoms with Crippen LogP contribution in [0.3, 0.4) is 0 Å². The van der Waals surface area contributed by atoms with Crippen LogP contribution >= 0.6 is 0 Å². The summed E-state index contributed by atoms with van der Waals surface area (Å²) >= 11 is 0. The number of benzene rings is 2. The van der Waals surface area contributed by atoms with E-state index in [4.69, 9.17) is 14.2 Å². The Morgan fingerprint density at radius 3 is 2.29 bits per heavy atom. The largest absolute Gasteiger partial charge is 0.496 e. The van der Waals surface area contributed by atoms with E-state index in [1.54, 1.807) is 13.0 Å². The fourth-order valence-corrected chi connectivity index (χ4v) is 2.18. The van der Waals surface area contributed by atoms with E-state index in [0.717, 1.165) is 5.39 Å². The van der Waals surface area contributed by atoms with Gasteiger partial charge in [0, 0.05) is 10.8 Å². The van der Waals surface area contributed by atoms with Gasteiger partial charge in [-0.2, -0.15) is 0 Å². The second-order valence-corrected chi connectivity index (χ2v) is 4.25. The molecule has 0 saturated heterocycles. The highest BCUT2D eigenvalue weighted by atomic mass is 16.5. The maximum absolute atomic E-state index is 12.2. The predicted molar refractivity (Wildman–Crippen MR) is 78.0 cm³/mol. The summed E-state index contributed by atoms with van der Waals surface area (Å²) in [5.74, 6) is -0.825. The van der Waals surface area contributed by atoms with Crippen LogP contribution in [-0.2, 0) is 9.53 Å². The number of ether oxygens (including phenoxy) is 3. The van der Waals surface area contributed by atoms with Gasteiger partial charge >= 0.3 is 5.97 Å². The lowest BCUT2D eigenvalue weighted by atomic mass is 10.0. The summed E-state index contributed by atoms with van der Waals surface area (Å²) in [6.45, 7) is 1.78. The molecule has 0 aliphatic rings. The lowest BCUT2D eigenvalue weighted by Crippen LogP contribution is -2.18. The van der Waals surface area contributed by atoms with Gasteiger partial charge in [-0.05, 0) is 13.0 Å². The van der Waals surface area contributed by atoms with Gasteiger partial charge in [0.15, 0.2) is 0 Å². The van der Waals surface area contributed by atoms with Crippen LogP contribution in [0.25, 0.3) is 10.8 Å². The maximum Gasteiger partial charge on any atom is 0.379 e. The number of carbonyl (C=O) groups excluding carboxylic acids is 2. The van der Waals surface area contributed by atoms with Crippen LogP contribution in [0.5, 0.6) is 11.5 Å². The molecule has 2 aromatic rings. The third kappa shape index (κ3) is 2.67. The molecular formula is C16H16O5. The Labute approximate surface area is 122 Å². The van der Waals surface area contributed by atoms with Crippen molar-refractivity contribution in [3.05, 3.63) is 35.9 Å². The summed E-state index contributed by atoms with van der Waals surface area (Å²) in [6, 6.07) is 8.84. The summed E-state index contributed by atoms with van der Waals surface area (Å²) in [7, 11) is 2.96. The van der Waals surface area contributed by atoms with Crippen molar-refractivity contribution in [1.82, 2.24) is 0 Å². The van der Waals surface area contributed by atoms with Crippen molar-refractivity contribution in [1.29, 1.82) is 0 Å². The van der Waals surface area contributed by atoms with Crippen LogP contribution in [0.1, 0.15) is 17.3 Å². The molecule has 110 valence electrons. The predicted octanol–water partition coefficient (Wildman–Crippen LogP) is 2.60. The van der Waals surface area contributed by atoms with Gasteiger partial charge in [0.1, 0.15) is 11.5 Å². The highest BCUT2D eigenvalue weighted by Crippen LogP contribution is 2.36. The van der Waals surface area contributed by atoms with Crippen LogP contribution in [-0.4, -0.2) is 32.6 Å². The zero-order chi connectivity index (χ0) is 15.4. The molecule has 0 radical (unpaired) electrons. The molecule has 0 fully saturated rings. The minimum absolute atomic E-state index is 0.131. The Morgan fingerprint density at radius 2 is 1.71 bits per heavy atom. The number of methoxy groups -OCH3 is 2. The van der Waals surface area contributed by atoms with E-state index in [0.29, 0.717) is 16.9 Å². The second-order valence-electron chi connectivity index (χ2n) is 4.25. The topological polar surface area (TPSA) is 61.8 Å². The molecule has 0 unspecified atom stereocenters. The van der Waals surface area contributed by atoms with Gasteiger partial charge in [-0.1, -0.05) is 24.3 Å². The molecule has 0 spiro atoms. The van der Waals surface area contributed by atoms with Crippen LogP contribution in [0, 0.1) is 0 Å². The van der Waals surface area contributed by atoms with Crippen molar-refractivity contribution in [3.8, 4) is 11.5 Å². The first kappa shape index (κ1) is 14.8. The normalized spacial score (nSPS) is 10.2. The fourth-order valence-electron chi connectivity index (χ4n) is 2.18. The molecule has 0 N–H and O–H groups in total. The summed E-state index contributed by atoms with van der Waals surface area (Å²) < 4.78 is 15.4. The Morgan fingerprint density at radius 1 is 1.05 bits per heavy atom. The fraction of sp³-hybridized carbons (Fsp3) is 0.250. The first-order valence-electron chi connectivity index (χ1n) is 6.49. The van der Waals surface area contributed by atoms with Crippen LogP contribution in [0.2, 0.25) is 0 Å². The first-order chi connectivity index (χ1) is 10.1. The molecule has 0 aliphatic heterocycles. The number of Topliss-reactive ketones (excluding diaryl/α,β-unsaturated/α-hetero) is 1. The zero-order valence-electron chi connectivity index (χ0n) is 12.1. The molecule has 2 rings (SSSR count). The third-order valence-corrected chi connectivity index (χ3v) is 3.09. The molecule has 0 aliphatic carbocycles. The van der Waals surface area contributed by atoms with E-state index in [9.17, 15) is 9.59 Å². The zero-order valence-corrected chi connectivity index (χ0v) is 12.1. The molecule has 0 atom stereocenters. The Bertz CT molecular complexity index is 690. The summed E-state index contributed by atoms with van der Waals surface area (Å²) in [5.41, 5.74) is 0.131. The van der Waals surface area contributed by atoms with Crippen LogP contribution in [0.15, 0.2) is 30.3 Å². The Balaban J connectivity index is 2.68. The second kappa shape index (κ2) is 6.26. The molecule has 0 bridgehead atoms. The summed E-state index contributed by atoms with van der Waals surface area (Å²) in [6.07, 6.45) is 0. The quantitative estimate of drug-likeness (QED) is 0.481. The number of hydrogen-bond acceptors (Lipinski definition) is 5. The van der Waals surface area contributed by atoms with Crippen molar-refractivity contribution in [3.63, 3.8) is 0 Å². The first-order valence-corrected chi connectivity index (χ1v) is 6.49. The van der Waals surface area contributed by atoms with Crippen molar-refractivity contribution in [2.24, 2.45) is 0 Å². The molecule has 2 aromatic carbocycles. The van der Waals surface area contributed by atoms with E-state index in [1.165, 1.54) is 20.3 Å². The highest BCUT2D eigenvalue weighted by Gasteiger charge is 2.24. The number of carbonyl (C=O) groups is 2.